The molecule has 0 aromatic heterocycles. The highest BCUT2D eigenvalue weighted by molar-refractivity contribution is 6.00. The Morgan fingerprint density at radius 1 is 1.10 bits per heavy atom. The Labute approximate surface area is 125 Å². The van der Waals surface area contributed by atoms with Gasteiger partial charge in [0.25, 0.3) is 5.91 Å². The van der Waals surface area contributed by atoms with Crippen molar-refractivity contribution in [3.05, 3.63) is 53.1 Å². The molecule has 0 saturated carbocycles. The van der Waals surface area contributed by atoms with Crippen LogP contribution in [0.5, 0.6) is 0 Å². The van der Waals surface area contributed by atoms with Gasteiger partial charge in [-0.2, -0.15) is 0 Å². The van der Waals surface area contributed by atoms with Crippen molar-refractivity contribution in [3.8, 4) is 0 Å². The second-order valence-electron chi connectivity index (χ2n) is 5.09. The highest BCUT2D eigenvalue weighted by Crippen LogP contribution is 2.25. The molecular weight excluding hydrogens is 262 g/mol. The minimum Gasteiger partial charge on any atom is -0.399 e. The van der Waals surface area contributed by atoms with E-state index in [9.17, 15) is 4.79 Å². The van der Waals surface area contributed by atoms with Crippen LogP contribution in [0.1, 0.15) is 28.4 Å². The first kappa shape index (κ1) is 14.9. The van der Waals surface area contributed by atoms with Gasteiger partial charge in [-0.05, 0) is 62.2 Å². The summed E-state index contributed by atoms with van der Waals surface area (Å²) in [6, 6.07) is 11.3. The number of amides is 1. The van der Waals surface area contributed by atoms with Gasteiger partial charge in [0.1, 0.15) is 0 Å². The topological polar surface area (TPSA) is 67.2 Å². The zero-order valence-electron chi connectivity index (χ0n) is 12.7. The molecule has 4 nitrogen and oxygen atoms in total. The van der Waals surface area contributed by atoms with Crippen molar-refractivity contribution in [2.75, 3.05) is 17.6 Å². The lowest BCUT2D eigenvalue weighted by atomic mass is 10.1. The van der Waals surface area contributed by atoms with Crippen LogP contribution in [0.2, 0.25) is 0 Å². The van der Waals surface area contributed by atoms with Gasteiger partial charge in [-0.15, -0.1) is 0 Å². The van der Waals surface area contributed by atoms with Crippen molar-refractivity contribution in [2.24, 2.45) is 0 Å². The van der Waals surface area contributed by atoms with Gasteiger partial charge in [0.15, 0.2) is 0 Å². The summed E-state index contributed by atoms with van der Waals surface area (Å²) in [5.41, 5.74) is 11.1. The van der Waals surface area contributed by atoms with Crippen LogP contribution < -0.4 is 16.4 Å². The van der Waals surface area contributed by atoms with E-state index in [4.69, 9.17) is 5.73 Å². The van der Waals surface area contributed by atoms with E-state index in [1.54, 1.807) is 18.2 Å². The van der Waals surface area contributed by atoms with E-state index in [1.165, 1.54) is 11.1 Å². The van der Waals surface area contributed by atoms with Crippen LogP contribution in [-0.4, -0.2) is 12.5 Å². The first-order valence-electron chi connectivity index (χ1n) is 7.03. The van der Waals surface area contributed by atoms with Crippen molar-refractivity contribution in [2.45, 2.75) is 20.8 Å². The van der Waals surface area contributed by atoms with Gasteiger partial charge in [0, 0.05) is 17.9 Å². The van der Waals surface area contributed by atoms with Crippen LogP contribution in [0, 0.1) is 13.8 Å². The van der Waals surface area contributed by atoms with Gasteiger partial charge in [-0.1, -0.05) is 6.07 Å². The molecule has 110 valence electrons. The summed E-state index contributed by atoms with van der Waals surface area (Å²) >= 11 is 0. The van der Waals surface area contributed by atoms with Gasteiger partial charge in [-0.3, -0.25) is 4.79 Å². The Balaban J connectivity index is 2.35. The Kier molecular flexibility index (Phi) is 4.48. The predicted molar refractivity (Wildman–Crippen MR) is 88.1 cm³/mol. The first-order valence-corrected chi connectivity index (χ1v) is 7.03. The van der Waals surface area contributed by atoms with Gasteiger partial charge < -0.3 is 16.4 Å². The molecule has 0 aliphatic carbocycles. The number of nitrogens with two attached hydrogens (primary N) is 1. The molecule has 1 amide bonds. The van der Waals surface area contributed by atoms with Crippen LogP contribution in [0.4, 0.5) is 17.1 Å². The minimum absolute atomic E-state index is 0.108. The number of carbonyl (C=O) groups is 1. The van der Waals surface area contributed by atoms with Crippen molar-refractivity contribution in [1.29, 1.82) is 0 Å². The van der Waals surface area contributed by atoms with Crippen LogP contribution >= 0.6 is 0 Å². The Morgan fingerprint density at radius 2 is 1.86 bits per heavy atom. The summed E-state index contributed by atoms with van der Waals surface area (Å²) in [7, 11) is 0. The number of benzene rings is 2. The van der Waals surface area contributed by atoms with Gasteiger partial charge in [0.2, 0.25) is 0 Å². The summed E-state index contributed by atoms with van der Waals surface area (Å²) in [5, 5.41) is 6.09. The lowest BCUT2D eigenvalue weighted by Crippen LogP contribution is -2.23. The molecule has 2 aromatic carbocycles. The lowest BCUT2D eigenvalue weighted by molar-refractivity contribution is 0.0956. The zero-order valence-corrected chi connectivity index (χ0v) is 12.7. The molecule has 0 aliphatic rings. The number of rotatable bonds is 4. The fourth-order valence-corrected chi connectivity index (χ4v) is 2.09. The highest BCUT2D eigenvalue weighted by atomic mass is 16.1. The van der Waals surface area contributed by atoms with Crippen LogP contribution in [-0.2, 0) is 0 Å². The molecule has 0 unspecified atom stereocenters. The molecule has 0 saturated heterocycles. The molecule has 4 N–H and O–H groups in total. The fraction of sp³-hybridized carbons (Fsp3) is 0.235. The number of carbonyl (C=O) groups excluding carboxylic acids is 1. The second-order valence-corrected chi connectivity index (χ2v) is 5.09. The lowest BCUT2D eigenvalue weighted by Gasteiger charge is -2.13. The van der Waals surface area contributed by atoms with Crippen LogP contribution in [0.25, 0.3) is 0 Å². The predicted octanol–water partition coefficient (Wildman–Crippen LogP) is 3.38. The van der Waals surface area contributed by atoms with E-state index < -0.39 is 0 Å². The Hall–Kier alpha value is -2.49. The number of anilines is 3. The first-order chi connectivity index (χ1) is 10.0. The van der Waals surface area contributed by atoms with Crippen LogP contribution in [0.3, 0.4) is 0 Å². The number of nitrogen functional groups attached to an aromatic ring is 1. The third-order valence-corrected chi connectivity index (χ3v) is 3.41. The zero-order chi connectivity index (χ0) is 15.4. The number of hydrogen-bond donors (Lipinski definition) is 3. The summed E-state index contributed by atoms with van der Waals surface area (Å²) in [4.78, 5) is 12.1. The summed E-state index contributed by atoms with van der Waals surface area (Å²) in [6.07, 6.45) is 0. The van der Waals surface area contributed by atoms with Crippen molar-refractivity contribution < 1.29 is 4.79 Å². The Bertz CT molecular complexity index is 665. The normalized spacial score (nSPS) is 10.2. The molecule has 0 atom stereocenters. The van der Waals surface area contributed by atoms with E-state index in [1.807, 2.05) is 13.0 Å². The van der Waals surface area contributed by atoms with E-state index in [-0.39, 0.29) is 5.91 Å². The molecule has 2 rings (SSSR count). The SMILES string of the molecule is CCNC(=O)c1ccc(N)cc1Nc1ccc(C)c(C)c1. The number of aryl methyl sites for hydroxylation is 2. The van der Waals surface area contributed by atoms with Gasteiger partial charge in [-0.25, -0.2) is 0 Å². The molecule has 0 fully saturated rings. The van der Waals surface area contributed by atoms with E-state index in [2.05, 4.69) is 36.6 Å². The summed E-state index contributed by atoms with van der Waals surface area (Å²) in [5.74, 6) is -0.108. The van der Waals surface area contributed by atoms with Crippen molar-refractivity contribution >= 4 is 23.0 Å². The largest absolute Gasteiger partial charge is 0.399 e. The molecular formula is C17H21N3O. The molecule has 0 heterocycles. The molecule has 2 aromatic rings. The quantitative estimate of drug-likeness (QED) is 0.754. The average molecular weight is 283 g/mol. The molecule has 4 heteroatoms. The molecule has 0 aliphatic heterocycles. The molecule has 0 radical (unpaired) electrons. The second kappa shape index (κ2) is 6.31. The average Bonchev–Trinajstić information content (AvgIpc) is 2.43. The smallest absolute Gasteiger partial charge is 0.253 e. The molecule has 21 heavy (non-hydrogen) atoms. The molecule has 0 bridgehead atoms. The standard InChI is InChI=1S/C17H21N3O/c1-4-19-17(21)15-8-6-13(18)10-16(15)20-14-7-5-11(2)12(3)9-14/h5-10,20H,4,18H2,1-3H3,(H,19,21). The molecule has 0 spiro atoms. The van der Waals surface area contributed by atoms with Crippen LogP contribution in [0.15, 0.2) is 36.4 Å². The fourth-order valence-electron chi connectivity index (χ4n) is 2.09. The Morgan fingerprint density at radius 3 is 2.52 bits per heavy atom. The van der Waals surface area contributed by atoms with E-state index in [0.29, 0.717) is 23.5 Å². The van der Waals surface area contributed by atoms with E-state index in [0.717, 1.165) is 5.69 Å². The maximum atomic E-state index is 12.1. The van der Waals surface area contributed by atoms with Crippen molar-refractivity contribution in [1.82, 2.24) is 5.32 Å². The summed E-state index contributed by atoms with van der Waals surface area (Å²) in [6.45, 7) is 6.61. The highest BCUT2D eigenvalue weighted by Gasteiger charge is 2.11. The maximum Gasteiger partial charge on any atom is 0.253 e. The van der Waals surface area contributed by atoms with Crippen molar-refractivity contribution in [3.63, 3.8) is 0 Å². The maximum absolute atomic E-state index is 12.1. The van der Waals surface area contributed by atoms with Gasteiger partial charge in [0.05, 0.1) is 11.3 Å². The number of nitrogens with one attached hydrogen (secondary N) is 2. The monoisotopic (exact) mass is 283 g/mol. The van der Waals surface area contributed by atoms with E-state index >= 15 is 0 Å². The summed E-state index contributed by atoms with van der Waals surface area (Å²) < 4.78 is 0. The number of hydrogen-bond acceptors (Lipinski definition) is 3. The minimum atomic E-state index is -0.108. The van der Waals surface area contributed by atoms with Gasteiger partial charge >= 0.3 is 0 Å². The third kappa shape index (κ3) is 3.54. The third-order valence-electron chi connectivity index (χ3n) is 3.41.